The molecule has 8 heteroatoms. The van der Waals surface area contributed by atoms with E-state index in [1.54, 1.807) is 17.0 Å². The van der Waals surface area contributed by atoms with Gasteiger partial charge in [-0.25, -0.2) is 13.1 Å². The average molecular weight is 529 g/mol. The van der Waals surface area contributed by atoms with E-state index in [0.29, 0.717) is 18.7 Å². The van der Waals surface area contributed by atoms with E-state index >= 15 is 0 Å². The van der Waals surface area contributed by atoms with E-state index < -0.39 is 10.0 Å². The maximum absolute atomic E-state index is 12.8. The number of nitrogens with zero attached hydrogens (tertiary/aromatic N) is 1. The lowest BCUT2D eigenvalue weighted by molar-refractivity contribution is -0.120. The second-order valence-corrected chi connectivity index (χ2v) is 10.7. The summed E-state index contributed by atoms with van der Waals surface area (Å²) >= 11 is 3.47. The number of sulfonamides is 1. The molecular weight excluding hydrogens is 504 g/mol. The van der Waals surface area contributed by atoms with E-state index in [0.717, 1.165) is 27.7 Å². The van der Waals surface area contributed by atoms with Gasteiger partial charge in [0.2, 0.25) is 10.0 Å². The minimum Gasteiger partial charge on any atom is -0.484 e. The van der Waals surface area contributed by atoms with Crippen LogP contribution in [-0.2, 0) is 27.7 Å². The second kappa shape index (κ2) is 10.1. The normalized spacial score (nSPS) is 15.3. The molecular formula is C25H25BrN2O4S. The summed E-state index contributed by atoms with van der Waals surface area (Å²) in [5, 5.41) is 0. The number of carbonyl (C=O) groups excluding carboxylic acids is 1. The van der Waals surface area contributed by atoms with E-state index in [9.17, 15) is 13.2 Å². The zero-order chi connectivity index (χ0) is 23.4. The van der Waals surface area contributed by atoms with Crippen molar-refractivity contribution in [1.82, 2.24) is 4.72 Å². The Morgan fingerprint density at radius 3 is 2.55 bits per heavy atom. The van der Waals surface area contributed by atoms with Crippen molar-refractivity contribution in [3.8, 4) is 5.75 Å². The number of rotatable bonds is 8. The van der Waals surface area contributed by atoms with Crippen molar-refractivity contribution in [2.24, 2.45) is 0 Å². The Balaban J connectivity index is 1.33. The molecule has 0 saturated carbocycles. The van der Waals surface area contributed by atoms with Gasteiger partial charge in [-0.3, -0.25) is 4.79 Å². The third-order valence-electron chi connectivity index (χ3n) is 5.57. The fourth-order valence-electron chi connectivity index (χ4n) is 3.97. The first-order valence-electron chi connectivity index (χ1n) is 10.7. The zero-order valence-corrected chi connectivity index (χ0v) is 20.6. The van der Waals surface area contributed by atoms with Crippen molar-refractivity contribution in [3.05, 3.63) is 88.4 Å². The number of nitrogens with one attached hydrogen (secondary N) is 1. The highest BCUT2D eigenvalue weighted by Crippen LogP contribution is 2.34. The van der Waals surface area contributed by atoms with Gasteiger partial charge >= 0.3 is 0 Å². The SMILES string of the molecule is C[C@@H]1Cc2cc(Br)ccc2N1C(=O)COc1ccc(S(=O)(=O)NCCc2ccccc2)cc1. The maximum atomic E-state index is 12.8. The van der Waals surface area contributed by atoms with Crippen LogP contribution >= 0.6 is 15.9 Å². The molecule has 33 heavy (non-hydrogen) atoms. The molecule has 0 unspecified atom stereocenters. The molecule has 4 rings (SSSR count). The maximum Gasteiger partial charge on any atom is 0.265 e. The molecule has 1 heterocycles. The summed E-state index contributed by atoms with van der Waals surface area (Å²) in [6.07, 6.45) is 1.41. The highest BCUT2D eigenvalue weighted by atomic mass is 79.9. The molecule has 0 fully saturated rings. The third-order valence-corrected chi connectivity index (χ3v) is 7.54. The number of fused-ring (bicyclic) bond motifs is 1. The van der Waals surface area contributed by atoms with Crippen molar-refractivity contribution >= 4 is 37.5 Å². The predicted octanol–water partition coefficient (Wildman–Crippen LogP) is 4.33. The number of amides is 1. The van der Waals surface area contributed by atoms with Gasteiger partial charge in [-0.2, -0.15) is 0 Å². The molecule has 0 aromatic heterocycles. The lowest BCUT2D eigenvalue weighted by atomic mass is 10.1. The first-order chi connectivity index (χ1) is 15.8. The van der Waals surface area contributed by atoms with Crippen LogP contribution in [0.25, 0.3) is 0 Å². The Kier molecular flexibility index (Phi) is 7.17. The van der Waals surface area contributed by atoms with Crippen molar-refractivity contribution in [1.29, 1.82) is 0 Å². The number of benzene rings is 3. The first kappa shape index (κ1) is 23.5. The van der Waals surface area contributed by atoms with Gasteiger partial charge in [0, 0.05) is 22.7 Å². The average Bonchev–Trinajstić information content (AvgIpc) is 3.13. The summed E-state index contributed by atoms with van der Waals surface area (Å²) in [5.74, 6) is 0.303. The lowest BCUT2D eigenvalue weighted by Gasteiger charge is -2.22. The fraction of sp³-hybridized carbons (Fsp3) is 0.240. The predicted molar refractivity (Wildman–Crippen MR) is 132 cm³/mol. The highest BCUT2D eigenvalue weighted by molar-refractivity contribution is 9.10. The topological polar surface area (TPSA) is 75.7 Å². The van der Waals surface area contributed by atoms with Crippen LogP contribution in [0.3, 0.4) is 0 Å². The van der Waals surface area contributed by atoms with Crippen LogP contribution in [0.2, 0.25) is 0 Å². The molecule has 6 nitrogen and oxygen atoms in total. The minimum absolute atomic E-state index is 0.0554. The van der Waals surface area contributed by atoms with E-state index in [4.69, 9.17) is 4.74 Å². The molecule has 3 aromatic rings. The number of hydrogen-bond acceptors (Lipinski definition) is 4. The zero-order valence-electron chi connectivity index (χ0n) is 18.2. The van der Waals surface area contributed by atoms with Gasteiger partial charge in [-0.15, -0.1) is 0 Å². The number of carbonyl (C=O) groups is 1. The molecule has 172 valence electrons. The van der Waals surface area contributed by atoms with Crippen molar-refractivity contribution < 1.29 is 17.9 Å². The van der Waals surface area contributed by atoms with Gasteiger partial charge in [0.1, 0.15) is 5.75 Å². The Morgan fingerprint density at radius 2 is 1.82 bits per heavy atom. The summed E-state index contributed by atoms with van der Waals surface area (Å²) in [7, 11) is -3.62. The minimum atomic E-state index is -3.62. The second-order valence-electron chi connectivity index (χ2n) is 7.98. The summed E-state index contributed by atoms with van der Waals surface area (Å²) in [6.45, 7) is 2.20. The molecule has 0 spiro atoms. The molecule has 3 aromatic carbocycles. The molecule has 0 radical (unpaired) electrons. The van der Waals surface area contributed by atoms with Gasteiger partial charge in [0.15, 0.2) is 6.61 Å². The highest BCUT2D eigenvalue weighted by Gasteiger charge is 2.31. The van der Waals surface area contributed by atoms with Gasteiger partial charge in [0.05, 0.1) is 4.90 Å². The van der Waals surface area contributed by atoms with Crippen molar-refractivity contribution in [2.75, 3.05) is 18.1 Å². The van der Waals surface area contributed by atoms with E-state index in [2.05, 4.69) is 20.7 Å². The number of ether oxygens (including phenoxy) is 1. The van der Waals surface area contributed by atoms with Gasteiger partial charge < -0.3 is 9.64 Å². The molecule has 1 amide bonds. The van der Waals surface area contributed by atoms with Crippen LogP contribution < -0.4 is 14.4 Å². The first-order valence-corrected chi connectivity index (χ1v) is 13.0. The molecule has 1 aliphatic heterocycles. The number of halogens is 1. The summed E-state index contributed by atoms with van der Waals surface area (Å²) in [4.78, 5) is 14.7. The molecule has 0 aliphatic carbocycles. The molecule has 1 N–H and O–H groups in total. The Bertz CT molecular complexity index is 1230. The van der Waals surface area contributed by atoms with E-state index in [-0.39, 0.29) is 23.5 Å². The van der Waals surface area contributed by atoms with Crippen LogP contribution in [0.15, 0.2) is 82.2 Å². The number of hydrogen-bond donors (Lipinski definition) is 1. The van der Waals surface area contributed by atoms with Crippen molar-refractivity contribution in [3.63, 3.8) is 0 Å². The third kappa shape index (κ3) is 5.63. The summed E-state index contributed by atoms with van der Waals surface area (Å²) in [6, 6.07) is 21.7. The van der Waals surface area contributed by atoms with Crippen LogP contribution in [0, 0.1) is 0 Å². The Labute approximate surface area is 202 Å². The standard InChI is InChI=1S/C25H25BrN2O4S/c1-18-15-20-16-21(26)7-12-24(20)28(18)25(29)17-32-22-8-10-23(11-9-22)33(30,31)27-14-13-19-5-3-2-4-6-19/h2-12,16,18,27H,13-15,17H2,1H3/t18-/m1/s1. The van der Waals surface area contributed by atoms with Gasteiger partial charge in [-0.1, -0.05) is 46.3 Å². The Hall–Kier alpha value is -2.68. The number of anilines is 1. The van der Waals surface area contributed by atoms with Crippen molar-refractivity contribution in [2.45, 2.75) is 30.7 Å². The van der Waals surface area contributed by atoms with E-state index in [1.165, 1.54) is 12.1 Å². The van der Waals surface area contributed by atoms with Crippen LogP contribution in [0.5, 0.6) is 5.75 Å². The summed E-state index contributed by atoms with van der Waals surface area (Å²) < 4.78 is 34.3. The van der Waals surface area contributed by atoms with E-state index in [1.807, 2.05) is 55.5 Å². The Morgan fingerprint density at radius 1 is 1.09 bits per heavy atom. The molecule has 1 atom stereocenters. The quantitative estimate of drug-likeness (QED) is 0.472. The molecule has 0 saturated heterocycles. The molecule has 0 bridgehead atoms. The largest absolute Gasteiger partial charge is 0.484 e. The fourth-order valence-corrected chi connectivity index (χ4v) is 5.41. The monoisotopic (exact) mass is 528 g/mol. The van der Waals surface area contributed by atoms with Crippen LogP contribution in [0.1, 0.15) is 18.1 Å². The van der Waals surface area contributed by atoms with Gasteiger partial charge in [-0.05, 0) is 73.4 Å². The summed E-state index contributed by atoms with van der Waals surface area (Å²) in [5.41, 5.74) is 3.10. The van der Waals surface area contributed by atoms with Crippen LogP contribution in [0.4, 0.5) is 5.69 Å². The van der Waals surface area contributed by atoms with Crippen LogP contribution in [-0.4, -0.2) is 33.5 Å². The smallest absolute Gasteiger partial charge is 0.265 e. The molecule has 1 aliphatic rings. The van der Waals surface area contributed by atoms with Gasteiger partial charge in [0.25, 0.3) is 5.91 Å². The lowest BCUT2D eigenvalue weighted by Crippen LogP contribution is -2.39.